The van der Waals surface area contributed by atoms with Gasteiger partial charge < -0.3 is 9.88 Å². The molecule has 0 aliphatic rings. The van der Waals surface area contributed by atoms with E-state index in [2.05, 4.69) is 75.1 Å². The summed E-state index contributed by atoms with van der Waals surface area (Å²) >= 11 is 3.52. The number of hydrogen-bond acceptors (Lipinski definition) is 2. The highest BCUT2D eigenvalue weighted by molar-refractivity contribution is 9.10. The van der Waals surface area contributed by atoms with Crippen molar-refractivity contribution < 1.29 is 0 Å². The van der Waals surface area contributed by atoms with Crippen molar-refractivity contribution in [2.45, 2.75) is 19.5 Å². The molecule has 0 saturated heterocycles. The minimum absolute atomic E-state index is 0.280. The van der Waals surface area contributed by atoms with Gasteiger partial charge >= 0.3 is 0 Å². The maximum absolute atomic E-state index is 4.69. The first-order valence-corrected chi connectivity index (χ1v) is 7.83. The molecule has 0 saturated carbocycles. The Labute approximate surface area is 133 Å². The molecule has 3 rings (SSSR count). The molecular weight excluding hydrogens is 326 g/mol. The van der Waals surface area contributed by atoms with Gasteiger partial charge in [0.1, 0.15) is 5.82 Å². The minimum atomic E-state index is 0.280. The molecule has 0 aliphatic carbocycles. The summed E-state index contributed by atoms with van der Waals surface area (Å²) < 4.78 is 3.26. The third kappa shape index (κ3) is 3.01. The van der Waals surface area contributed by atoms with Crippen molar-refractivity contribution in [1.29, 1.82) is 0 Å². The Balaban J connectivity index is 1.75. The molecular formula is C17H18BrN3. The molecule has 3 aromatic rings. The van der Waals surface area contributed by atoms with E-state index in [0.29, 0.717) is 0 Å². The minimum Gasteiger partial charge on any atom is -0.330 e. The van der Waals surface area contributed by atoms with Crippen LogP contribution in [0.3, 0.4) is 0 Å². The van der Waals surface area contributed by atoms with Gasteiger partial charge in [-0.25, -0.2) is 4.98 Å². The SMILES string of the molecule is C[C@H](NCc1nc2ccccc2n1C)c1cccc(Br)c1. The number of halogens is 1. The first kappa shape index (κ1) is 14.3. The van der Waals surface area contributed by atoms with Gasteiger partial charge in [-0.15, -0.1) is 0 Å². The van der Waals surface area contributed by atoms with Crippen LogP contribution >= 0.6 is 15.9 Å². The quantitative estimate of drug-likeness (QED) is 0.769. The van der Waals surface area contributed by atoms with Gasteiger partial charge in [-0.05, 0) is 36.8 Å². The average molecular weight is 344 g/mol. The van der Waals surface area contributed by atoms with Crippen LogP contribution in [-0.2, 0) is 13.6 Å². The topological polar surface area (TPSA) is 29.9 Å². The van der Waals surface area contributed by atoms with Gasteiger partial charge in [0.2, 0.25) is 0 Å². The van der Waals surface area contributed by atoms with E-state index in [-0.39, 0.29) is 6.04 Å². The smallest absolute Gasteiger partial charge is 0.123 e. The number of nitrogens with zero attached hydrogens (tertiary/aromatic N) is 2. The summed E-state index contributed by atoms with van der Waals surface area (Å²) in [6.45, 7) is 2.92. The second kappa shape index (κ2) is 6.00. The fraction of sp³-hybridized carbons (Fsp3) is 0.235. The van der Waals surface area contributed by atoms with Crippen molar-refractivity contribution in [3.8, 4) is 0 Å². The van der Waals surface area contributed by atoms with E-state index in [0.717, 1.165) is 22.4 Å². The van der Waals surface area contributed by atoms with Crippen LogP contribution in [0.15, 0.2) is 53.0 Å². The lowest BCUT2D eigenvalue weighted by Crippen LogP contribution is -2.20. The molecule has 2 aromatic carbocycles. The highest BCUT2D eigenvalue weighted by Gasteiger charge is 2.09. The van der Waals surface area contributed by atoms with Crippen LogP contribution < -0.4 is 5.32 Å². The molecule has 21 heavy (non-hydrogen) atoms. The highest BCUT2D eigenvalue weighted by Crippen LogP contribution is 2.19. The molecule has 1 atom stereocenters. The van der Waals surface area contributed by atoms with Crippen LogP contribution in [0, 0.1) is 0 Å². The Morgan fingerprint density at radius 2 is 2.00 bits per heavy atom. The van der Waals surface area contributed by atoms with Crippen molar-refractivity contribution in [2.75, 3.05) is 0 Å². The summed E-state index contributed by atoms with van der Waals surface area (Å²) in [5.41, 5.74) is 3.49. The van der Waals surface area contributed by atoms with Crippen molar-refractivity contribution in [3.05, 3.63) is 64.4 Å². The number of hydrogen-bond donors (Lipinski definition) is 1. The number of nitrogens with one attached hydrogen (secondary N) is 1. The summed E-state index contributed by atoms with van der Waals surface area (Å²) in [5, 5.41) is 3.54. The Morgan fingerprint density at radius 1 is 1.19 bits per heavy atom. The number of para-hydroxylation sites is 2. The van der Waals surface area contributed by atoms with Gasteiger partial charge in [0.15, 0.2) is 0 Å². The van der Waals surface area contributed by atoms with E-state index in [1.807, 2.05) is 18.2 Å². The summed E-state index contributed by atoms with van der Waals surface area (Å²) in [5.74, 6) is 1.05. The van der Waals surface area contributed by atoms with Crippen LogP contribution in [0.2, 0.25) is 0 Å². The van der Waals surface area contributed by atoms with Crippen LogP contribution in [-0.4, -0.2) is 9.55 Å². The van der Waals surface area contributed by atoms with E-state index in [1.165, 1.54) is 11.1 Å². The van der Waals surface area contributed by atoms with Gasteiger partial charge in [-0.3, -0.25) is 0 Å². The van der Waals surface area contributed by atoms with Crippen molar-refractivity contribution >= 4 is 27.0 Å². The normalized spacial score (nSPS) is 12.7. The highest BCUT2D eigenvalue weighted by atomic mass is 79.9. The molecule has 108 valence electrons. The lowest BCUT2D eigenvalue weighted by Gasteiger charge is -2.14. The number of benzene rings is 2. The fourth-order valence-electron chi connectivity index (χ4n) is 2.49. The Kier molecular flexibility index (Phi) is 4.08. The van der Waals surface area contributed by atoms with E-state index in [9.17, 15) is 0 Å². The molecule has 1 heterocycles. The molecule has 0 radical (unpaired) electrons. The lowest BCUT2D eigenvalue weighted by molar-refractivity contribution is 0.551. The molecule has 1 N–H and O–H groups in total. The number of rotatable bonds is 4. The monoisotopic (exact) mass is 343 g/mol. The summed E-state index contributed by atoms with van der Waals surface area (Å²) in [6.07, 6.45) is 0. The molecule has 3 nitrogen and oxygen atoms in total. The standard InChI is InChI=1S/C17H18BrN3/c1-12(13-6-5-7-14(18)10-13)19-11-17-20-15-8-3-4-9-16(15)21(17)2/h3-10,12,19H,11H2,1-2H3/t12-/m0/s1. The molecule has 0 amide bonds. The number of imidazole rings is 1. The van der Waals surface area contributed by atoms with Crippen LogP contribution in [0.5, 0.6) is 0 Å². The first-order valence-electron chi connectivity index (χ1n) is 7.04. The maximum atomic E-state index is 4.69. The number of aryl methyl sites for hydroxylation is 1. The summed E-state index contributed by atoms with van der Waals surface area (Å²) in [4.78, 5) is 4.69. The van der Waals surface area contributed by atoms with Crippen molar-refractivity contribution in [1.82, 2.24) is 14.9 Å². The molecule has 0 aliphatic heterocycles. The lowest BCUT2D eigenvalue weighted by atomic mass is 10.1. The second-order valence-corrected chi connectivity index (χ2v) is 6.15. The fourth-order valence-corrected chi connectivity index (χ4v) is 2.91. The zero-order valence-electron chi connectivity index (χ0n) is 12.2. The van der Waals surface area contributed by atoms with Crippen molar-refractivity contribution in [3.63, 3.8) is 0 Å². The van der Waals surface area contributed by atoms with Gasteiger partial charge in [-0.1, -0.05) is 40.2 Å². The molecule has 1 aromatic heterocycles. The van der Waals surface area contributed by atoms with E-state index >= 15 is 0 Å². The molecule has 0 bridgehead atoms. The van der Waals surface area contributed by atoms with Gasteiger partial charge in [0.05, 0.1) is 17.6 Å². The van der Waals surface area contributed by atoms with E-state index < -0.39 is 0 Å². The zero-order chi connectivity index (χ0) is 14.8. The van der Waals surface area contributed by atoms with Crippen molar-refractivity contribution in [2.24, 2.45) is 7.05 Å². The second-order valence-electron chi connectivity index (χ2n) is 5.23. The molecule has 0 fully saturated rings. The average Bonchev–Trinajstić information content (AvgIpc) is 2.82. The van der Waals surface area contributed by atoms with E-state index in [1.54, 1.807) is 0 Å². The van der Waals surface area contributed by atoms with Crippen LogP contribution in [0.25, 0.3) is 11.0 Å². The first-order chi connectivity index (χ1) is 10.1. The zero-order valence-corrected chi connectivity index (χ0v) is 13.8. The maximum Gasteiger partial charge on any atom is 0.123 e. The van der Waals surface area contributed by atoms with E-state index in [4.69, 9.17) is 0 Å². The third-order valence-electron chi connectivity index (χ3n) is 3.79. The summed E-state index contributed by atoms with van der Waals surface area (Å²) in [6, 6.07) is 16.9. The molecule has 4 heteroatoms. The predicted molar refractivity (Wildman–Crippen MR) is 90.1 cm³/mol. The van der Waals surface area contributed by atoms with Gasteiger partial charge in [0, 0.05) is 17.6 Å². The number of aromatic nitrogens is 2. The Hall–Kier alpha value is -1.65. The summed E-state index contributed by atoms with van der Waals surface area (Å²) in [7, 11) is 2.07. The van der Waals surface area contributed by atoms with Crippen LogP contribution in [0.1, 0.15) is 24.4 Å². The predicted octanol–water partition coefficient (Wildman–Crippen LogP) is 4.19. The Morgan fingerprint density at radius 3 is 2.76 bits per heavy atom. The third-order valence-corrected chi connectivity index (χ3v) is 4.29. The van der Waals surface area contributed by atoms with Crippen LogP contribution in [0.4, 0.5) is 0 Å². The largest absolute Gasteiger partial charge is 0.330 e. The van der Waals surface area contributed by atoms with Gasteiger partial charge in [0.25, 0.3) is 0 Å². The Bertz CT molecular complexity index is 764. The van der Waals surface area contributed by atoms with Gasteiger partial charge in [-0.2, -0.15) is 0 Å². The number of fused-ring (bicyclic) bond motifs is 1. The molecule has 0 spiro atoms. The molecule has 0 unspecified atom stereocenters.